The summed E-state index contributed by atoms with van der Waals surface area (Å²) in [4.78, 5) is 15.7. The number of carbonyl (C=O) groups is 1. The standard InChI is InChI=1S/C25H24N4O4S/c1-16-9-12-19(13-10-16)34(32,33)29(22-14-17(2)8-11-18(22)3)15-23(30)27-28-24-20-6-4-5-7-21(20)26-25(24)31/h4-14,26,31H,15H2,1-3H3. The molecule has 34 heavy (non-hydrogen) atoms. The molecule has 0 saturated heterocycles. The van der Waals surface area contributed by atoms with Crippen molar-refractivity contribution in [3.8, 4) is 5.88 Å². The van der Waals surface area contributed by atoms with Gasteiger partial charge in [-0.05, 0) is 56.2 Å². The van der Waals surface area contributed by atoms with Gasteiger partial charge in [-0.1, -0.05) is 48.0 Å². The average molecular weight is 477 g/mol. The van der Waals surface area contributed by atoms with E-state index in [-0.39, 0.29) is 16.5 Å². The van der Waals surface area contributed by atoms with Gasteiger partial charge >= 0.3 is 0 Å². The van der Waals surface area contributed by atoms with E-state index in [2.05, 4.69) is 15.2 Å². The third kappa shape index (κ3) is 4.55. The fourth-order valence-electron chi connectivity index (χ4n) is 3.60. The van der Waals surface area contributed by atoms with Crippen molar-refractivity contribution in [1.29, 1.82) is 0 Å². The summed E-state index contributed by atoms with van der Waals surface area (Å²) in [6.07, 6.45) is 0. The van der Waals surface area contributed by atoms with E-state index >= 15 is 0 Å². The molecule has 3 aromatic carbocycles. The number of fused-ring (bicyclic) bond motifs is 1. The third-order valence-corrected chi connectivity index (χ3v) is 7.22. The van der Waals surface area contributed by atoms with Crippen LogP contribution in [0.1, 0.15) is 16.7 Å². The second kappa shape index (κ2) is 9.11. The first-order valence-electron chi connectivity index (χ1n) is 10.6. The Kier molecular flexibility index (Phi) is 6.21. The van der Waals surface area contributed by atoms with Crippen LogP contribution in [0.25, 0.3) is 10.9 Å². The predicted octanol–water partition coefficient (Wildman–Crippen LogP) is 5.30. The normalized spacial score (nSPS) is 11.9. The Labute approximate surface area is 197 Å². The number of para-hydroxylation sites is 1. The van der Waals surface area contributed by atoms with Crippen LogP contribution >= 0.6 is 0 Å². The minimum absolute atomic E-state index is 0.0676. The molecule has 1 amide bonds. The Bertz CT molecular complexity index is 1510. The summed E-state index contributed by atoms with van der Waals surface area (Å²) >= 11 is 0. The van der Waals surface area contributed by atoms with Crippen molar-refractivity contribution >= 4 is 38.2 Å². The molecule has 0 saturated carbocycles. The Balaban J connectivity index is 1.71. The maximum absolute atomic E-state index is 13.6. The van der Waals surface area contributed by atoms with Gasteiger partial charge < -0.3 is 10.1 Å². The fraction of sp³-hybridized carbons (Fsp3) is 0.160. The highest BCUT2D eigenvalue weighted by Crippen LogP contribution is 2.35. The Morgan fingerprint density at radius 2 is 1.65 bits per heavy atom. The number of hydrogen-bond donors (Lipinski definition) is 2. The van der Waals surface area contributed by atoms with Crippen LogP contribution in [0.4, 0.5) is 11.4 Å². The number of hydrogen-bond acceptors (Lipinski definition) is 5. The highest BCUT2D eigenvalue weighted by molar-refractivity contribution is 7.92. The molecule has 8 nitrogen and oxygen atoms in total. The van der Waals surface area contributed by atoms with Crippen LogP contribution in [-0.2, 0) is 14.8 Å². The Morgan fingerprint density at radius 1 is 0.971 bits per heavy atom. The van der Waals surface area contributed by atoms with Gasteiger partial charge in [-0.25, -0.2) is 8.42 Å². The minimum Gasteiger partial charge on any atom is -0.493 e. The zero-order valence-corrected chi connectivity index (χ0v) is 19.8. The second-order valence-corrected chi connectivity index (χ2v) is 9.94. The molecule has 0 radical (unpaired) electrons. The van der Waals surface area contributed by atoms with Crippen molar-refractivity contribution in [3.05, 3.63) is 83.4 Å². The van der Waals surface area contributed by atoms with Crippen LogP contribution in [-0.4, -0.2) is 31.0 Å². The number of sulfonamides is 1. The number of azo groups is 1. The number of anilines is 1. The highest BCUT2D eigenvalue weighted by Gasteiger charge is 2.28. The van der Waals surface area contributed by atoms with Crippen LogP contribution in [0.5, 0.6) is 5.88 Å². The molecule has 0 spiro atoms. The van der Waals surface area contributed by atoms with Crippen molar-refractivity contribution in [2.45, 2.75) is 25.7 Å². The number of aromatic hydroxyl groups is 1. The van der Waals surface area contributed by atoms with Crippen molar-refractivity contribution < 1.29 is 18.3 Å². The third-order valence-electron chi connectivity index (χ3n) is 5.44. The molecule has 4 aromatic rings. The first kappa shape index (κ1) is 23.2. The Hall–Kier alpha value is -3.98. The van der Waals surface area contributed by atoms with Crippen molar-refractivity contribution in [1.82, 2.24) is 4.98 Å². The van der Waals surface area contributed by atoms with Crippen LogP contribution < -0.4 is 4.31 Å². The molecule has 0 atom stereocenters. The number of nitrogens with zero attached hydrogens (tertiary/aromatic N) is 3. The van der Waals surface area contributed by atoms with Gasteiger partial charge in [0, 0.05) is 5.39 Å². The first-order chi connectivity index (χ1) is 16.2. The van der Waals surface area contributed by atoms with E-state index in [4.69, 9.17) is 0 Å². The molecular weight excluding hydrogens is 452 g/mol. The van der Waals surface area contributed by atoms with Crippen LogP contribution in [0.15, 0.2) is 81.9 Å². The van der Waals surface area contributed by atoms with E-state index in [1.807, 2.05) is 19.9 Å². The summed E-state index contributed by atoms with van der Waals surface area (Å²) in [7, 11) is -4.06. The molecule has 174 valence electrons. The molecule has 2 N–H and O–H groups in total. The summed E-state index contributed by atoms with van der Waals surface area (Å²) in [5.74, 6) is -1.00. The number of nitrogens with one attached hydrogen (secondary N) is 1. The first-order valence-corrected chi connectivity index (χ1v) is 12.0. The van der Waals surface area contributed by atoms with Gasteiger partial charge in [0.1, 0.15) is 6.54 Å². The van der Waals surface area contributed by atoms with Gasteiger partial charge in [0.15, 0.2) is 5.69 Å². The van der Waals surface area contributed by atoms with Crippen molar-refractivity contribution in [2.75, 3.05) is 10.8 Å². The topological polar surface area (TPSA) is 115 Å². The molecule has 0 aliphatic heterocycles. The number of amides is 1. The van der Waals surface area contributed by atoms with Crippen molar-refractivity contribution in [2.24, 2.45) is 10.2 Å². The number of aromatic nitrogens is 1. The summed E-state index contributed by atoms with van der Waals surface area (Å²) in [6.45, 7) is 4.94. The summed E-state index contributed by atoms with van der Waals surface area (Å²) in [6, 6.07) is 18.9. The van der Waals surface area contributed by atoms with Gasteiger partial charge in [-0.15, -0.1) is 10.2 Å². The number of aromatic amines is 1. The maximum Gasteiger partial charge on any atom is 0.285 e. The van der Waals surface area contributed by atoms with E-state index in [0.29, 0.717) is 22.2 Å². The van der Waals surface area contributed by atoms with Gasteiger partial charge in [0.2, 0.25) is 5.88 Å². The molecule has 0 fully saturated rings. The molecule has 0 bridgehead atoms. The van der Waals surface area contributed by atoms with Crippen molar-refractivity contribution in [3.63, 3.8) is 0 Å². The summed E-state index contributed by atoms with van der Waals surface area (Å²) < 4.78 is 28.2. The smallest absolute Gasteiger partial charge is 0.285 e. The summed E-state index contributed by atoms with van der Waals surface area (Å²) in [5, 5.41) is 18.4. The van der Waals surface area contributed by atoms with E-state index in [0.717, 1.165) is 15.4 Å². The van der Waals surface area contributed by atoms with E-state index in [1.54, 1.807) is 55.5 Å². The number of benzene rings is 3. The second-order valence-electron chi connectivity index (χ2n) is 8.08. The highest BCUT2D eigenvalue weighted by atomic mass is 32.2. The molecule has 0 aliphatic rings. The Morgan fingerprint density at radius 3 is 2.38 bits per heavy atom. The zero-order valence-electron chi connectivity index (χ0n) is 19.0. The molecule has 9 heteroatoms. The molecule has 0 unspecified atom stereocenters. The maximum atomic E-state index is 13.6. The van der Waals surface area contributed by atoms with E-state index in [1.165, 1.54) is 12.1 Å². The molecule has 4 rings (SSSR count). The molecule has 1 heterocycles. The van der Waals surface area contributed by atoms with Crippen LogP contribution in [0.3, 0.4) is 0 Å². The lowest BCUT2D eigenvalue weighted by Crippen LogP contribution is -2.35. The predicted molar refractivity (Wildman–Crippen MR) is 131 cm³/mol. The van der Waals surface area contributed by atoms with Gasteiger partial charge in [-0.2, -0.15) is 0 Å². The number of carbonyl (C=O) groups excluding carboxylic acids is 1. The lowest BCUT2D eigenvalue weighted by Gasteiger charge is -2.25. The lowest BCUT2D eigenvalue weighted by molar-refractivity contribution is -0.116. The largest absolute Gasteiger partial charge is 0.493 e. The quantitative estimate of drug-likeness (QED) is 0.367. The van der Waals surface area contributed by atoms with Gasteiger partial charge in [0.25, 0.3) is 15.9 Å². The SMILES string of the molecule is Cc1ccc(S(=O)(=O)N(CC(=O)N=Nc2c(O)[nH]c3ccccc23)c2cc(C)ccc2C)cc1. The number of H-pyrrole nitrogens is 1. The minimum atomic E-state index is -4.06. The number of rotatable bonds is 6. The van der Waals surface area contributed by atoms with Gasteiger partial charge in [0.05, 0.1) is 16.1 Å². The average Bonchev–Trinajstić information content (AvgIpc) is 3.13. The molecule has 0 aliphatic carbocycles. The fourth-order valence-corrected chi connectivity index (χ4v) is 5.07. The number of aryl methyl sites for hydroxylation is 3. The zero-order chi connectivity index (χ0) is 24.5. The molecule has 1 aromatic heterocycles. The molecular formula is C25H24N4O4S. The monoisotopic (exact) mass is 476 g/mol. The van der Waals surface area contributed by atoms with E-state index in [9.17, 15) is 18.3 Å². The van der Waals surface area contributed by atoms with E-state index < -0.39 is 22.5 Å². The van der Waals surface area contributed by atoms with Crippen LogP contribution in [0.2, 0.25) is 0 Å². The van der Waals surface area contributed by atoms with Gasteiger partial charge in [-0.3, -0.25) is 9.10 Å². The lowest BCUT2D eigenvalue weighted by atomic mass is 10.1. The van der Waals surface area contributed by atoms with Crippen LogP contribution in [0, 0.1) is 20.8 Å². The summed E-state index contributed by atoms with van der Waals surface area (Å²) in [5.41, 5.74) is 3.60.